The molecule has 2 aliphatic rings. The van der Waals surface area contributed by atoms with Crippen molar-refractivity contribution in [3.8, 4) is 5.75 Å². The van der Waals surface area contributed by atoms with Crippen LogP contribution in [-0.4, -0.2) is 23.4 Å². The van der Waals surface area contributed by atoms with Crippen LogP contribution in [0, 0.1) is 0 Å². The molecule has 114 valence electrons. The van der Waals surface area contributed by atoms with Gasteiger partial charge >= 0.3 is 0 Å². The molecule has 1 aromatic rings. The molecule has 1 saturated carbocycles. The number of thioether (sulfide) groups is 1. The van der Waals surface area contributed by atoms with Gasteiger partial charge in [-0.15, -0.1) is 0 Å². The summed E-state index contributed by atoms with van der Waals surface area (Å²) in [6.07, 6.45) is 9.26. The van der Waals surface area contributed by atoms with Crippen molar-refractivity contribution in [2.75, 3.05) is 12.4 Å². The van der Waals surface area contributed by atoms with E-state index in [-0.39, 0.29) is 0 Å². The number of benzene rings is 1. The van der Waals surface area contributed by atoms with Crippen molar-refractivity contribution >= 4 is 17.5 Å². The third-order valence-electron chi connectivity index (χ3n) is 4.48. The number of ether oxygens (including phenoxy) is 1. The second-order valence-electron chi connectivity index (χ2n) is 6.15. The molecule has 21 heavy (non-hydrogen) atoms. The maximum atomic E-state index is 12.0. The predicted molar refractivity (Wildman–Crippen MR) is 88.3 cm³/mol. The van der Waals surface area contributed by atoms with Gasteiger partial charge in [0, 0.05) is 18.1 Å². The van der Waals surface area contributed by atoms with Gasteiger partial charge in [0.15, 0.2) is 0 Å². The van der Waals surface area contributed by atoms with Crippen LogP contribution in [0.5, 0.6) is 5.75 Å². The van der Waals surface area contributed by atoms with E-state index in [1.165, 1.54) is 43.2 Å². The highest BCUT2D eigenvalue weighted by molar-refractivity contribution is 8.00. The SMILES string of the molecule is O=C(CCc1ccc2c(c1)CCO2)CSC1CCCCC1. The number of hydrogen-bond acceptors (Lipinski definition) is 3. The molecule has 0 saturated heterocycles. The largest absolute Gasteiger partial charge is 0.493 e. The Morgan fingerprint density at radius 3 is 2.95 bits per heavy atom. The summed E-state index contributed by atoms with van der Waals surface area (Å²) >= 11 is 1.89. The highest BCUT2D eigenvalue weighted by atomic mass is 32.2. The van der Waals surface area contributed by atoms with Crippen LogP contribution in [0.1, 0.15) is 49.7 Å². The standard InChI is InChI=1S/C18H24O2S/c19-16(13-21-17-4-2-1-3-5-17)8-6-14-7-9-18-15(12-14)10-11-20-18/h7,9,12,17H,1-6,8,10-11,13H2. The van der Waals surface area contributed by atoms with E-state index in [2.05, 4.69) is 18.2 Å². The van der Waals surface area contributed by atoms with Crippen LogP contribution in [0.4, 0.5) is 0 Å². The maximum Gasteiger partial charge on any atom is 0.143 e. The molecule has 0 radical (unpaired) electrons. The van der Waals surface area contributed by atoms with Crippen LogP contribution < -0.4 is 4.74 Å². The molecule has 0 aromatic heterocycles. The maximum absolute atomic E-state index is 12.0. The van der Waals surface area contributed by atoms with E-state index in [1.54, 1.807) is 0 Å². The predicted octanol–water partition coefficient (Wildman–Crippen LogP) is 4.19. The second-order valence-corrected chi connectivity index (χ2v) is 7.44. The number of carbonyl (C=O) groups excluding carboxylic acids is 1. The Kier molecular flexibility index (Phi) is 5.23. The Morgan fingerprint density at radius 1 is 1.24 bits per heavy atom. The molecule has 1 aromatic carbocycles. The average Bonchev–Trinajstić information content (AvgIpc) is 2.99. The molecule has 3 heteroatoms. The molecule has 1 aliphatic heterocycles. The molecule has 0 amide bonds. The fraction of sp³-hybridized carbons (Fsp3) is 0.611. The second kappa shape index (κ2) is 7.35. The minimum absolute atomic E-state index is 0.405. The molecule has 0 N–H and O–H groups in total. The van der Waals surface area contributed by atoms with E-state index in [0.29, 0.717) is 18.0 Å². The smallest absolute Gasteiger partial charge is 0.143 e. The summed E-state index contributed by atoms with van der Waals surface area (Å²) in [6, 6.07) is 6.37. The quantitative estimate of drug-likeness (QED) is 0.788. The summed E-state index contributed by atoms with van der Waals surface area (Å²) in [6.45, 7) is 0.801. The lowest BCUT2D eigenvalue weighted by Gasteiger charge is -2.20. The van der Waals surface area contributed by atoms with Crippen molar-refractivity contribution in [3.05, 3.63) is 29.3 Å². The van der Waals surface area contributed by atoms with Crippen LogP contribution in [-0.2, 0) is 17.6 Å². The minimum atomic E-state index is 0.405. The highest BCUT2D eigenvalue weighted by Gasteiger charge is 2.16. The van der Waals surface area contributed by atoms with Crippen LogP contribution in [0.25, 0.3) is 0 Å². The molecule has 0 spiro atoms. The summed E-state index contributed by atoms with van der Waals surface area (Å²) in [7, 11) is 0. The normalized spacial score (nSPS) is 18.3. The summed E-state index contributed by atoms with van der Waals surface area (Å²) < 4.78 is 5.51. The van der Waals surface area contributed by atoms with Gasteiger partial charge in [-0.1, -0.05) is 31.4 Å². The third-order valence-corrected chi connectivity index (χ3v) is 5.91. The van der Waals surface area contributed by atoms with Crippen molar-refractivity contribution in [3.63, 3.8) is 0 Å². The number of aryl methyl sites for hydroxylation is 1. The van der Waals surface area contributed by atoms with E-state index in [1.807, 2.05) is 11.8 Å². The van der Waals surface area contributed by atoms with Crippen molar-refractivity contribution in [1.29, 1.82) is 0 Å². The lowest BCUT2D eigenvalue weighted by atomic mass is 10.0. The molecule has 0 bridgehead atoms. The van der Waals surface area contributed by atoms with Gasteiger partial charge in [0.1, 0.15) is 11.5 Å². The topological polar surface area (TPSA) is 26.3 Å². The number of Topliss-reactive ketones (excluding diaryl/α,β-unsaturated/α-hetero) is 1. The molecular formula is C18H24O2S. The molecular weight excluding hydrogens is 280 g/mol. The molecule has 1 heterocycles. The Labute approximate surface area is 131 Å². The Balaban J connectivity index is 1.41. The molecule has 1 aliphatic carbocycles. The zero-order chi connectivity index (χ0) is 14.5. The van der Waals surface area contributed by atoms with Gasteiger partial charge in [0.25, 0.3) is 0 Å². The van der Waals surface area contributed by atoms with Gasteiger partial charge < -0.3 is 4.74 Å². The van der Waals surface area contributed by atoms with Gasteiger partial charge in [-0.05, 0) is 36.5 Å². The fourth-order valence-electron chi connectivity index (χ4n) is 3.19. The van der Waals surface area contributed by atoms with Crippen LogP contribution in [0.15, 0.2) is 18.2 Å². The third kappa shape index (κ3) is 4.26. The Morgan fingerprint density at radius 2 is 2.10 bits per heavy atom. The number of ketones is 1. The van der Waals surface area contributed by atoms with Gasteiger partial charge in [0.05, 0.1) is 12.4 Å². The first-order valence-electron chi connectivity index (χ1n) is 8.19. The summed E-state index contributed by atoms with van der Waals surface area (Å²) in [4.78, 5) is 12.0. The first-order valence-corrected chi connectivity index (χ1v) is 9.24. The first-order chi connectivity index (χ1) is 10.3. The monoisotopic (exact) mass is 304 g/mol. The molecule has 0 atom stereocenters. The summed E-state index contributed by atoms with van der Waals surface area (Å²) in [5.74, 6) is 2.14. The van der Waals surface area contributed by atoms with E-state index < -0.39 is 0 Å². The fourth-order valence-corrected chi connectivity index (χ4v) is 4.43. The van der Waals surface area contributed by atoms with Crippen molar-refractivity contribution in [2.45, 2.75) is 56.6 Å². The van der Waals surface area contributed by atoms with Gasteiger partial charge in [-0.3, -0.25) is 4.79 Å². The van der Waals surface area contributed by atoms with Crippen molar-refractivity contribution < 1.29 is 9.53 Å². The Hall–Kier alpha value is -0.960. The van der Waals surface area contributed by atoms with Gasteiger partial charge in [-0.25, -0.2) is 0 Å². The van der Waals surface area contributed by atoms with E-state index in [4.69, 9.17) is 4.74 Å². The van der Waals surface area contributed by atoms with Crippen LogP contribution >= 0.6 is 11.8 Å². The number of hydrogen-bond donors (Lipinski definition) is 0. The number of carbonyl (C=O) groups is 1. The van der Waals surface area contributed by atoms with E-state index in [0.717, 1.165) is 30.4 Å². The summed E-state index contributed by atoms with van der Waals surface area (Å²) in [5.41, 5.74) is 2.58. The van der Waals surface area contributed by atoms with Crippen LogP contribution in [0.3, 0.4) is 0 Å². The lowest BCUT2D eigenvalue weighted by Crippen LogP contribution is -2.12. The summed E-state index contributed by atoms with van der Waals surface area (Å²) in [5, 5.41) is 0.736. The van der Waals surface area contributed by atoms with Crippen molar-refractivity contribution in [1.82, 2.24) is 0 Å². The number of rotatable bonds is 6. The van der Waals surface area contributed by atoms with E-state index in [9.17, 15) is 4.79 Å². The molecule has 2 nitrogen and oxygen atoms in total. The zero-order valence-electron chi connectivity index (χ0n) is 12.6. The van der Waals surface area contributed by atoms with E-state index >= 15 is 0 Å². The van der Waals surface area contributed by atoms with Gasteiger partial charge in [0.2, 0.25) is 0 Å². The zero-order valence-corrected chi connectivity index (χ0v) is 13.4. The number of fused-ring (bicyclic) bond motifs is 1. The van der Waals surface area contributed by atoms with Crippen molar-refractivity contribution in [2.24, 2.45) is 0 Å². The molecule has 0 unspecified atom stereocenters. The minimum Gasteiger partial charge on any atom is -0.493 e. The highest BCUT2D eigenvalue weighted by Crippen LogP contribution is 2.29. The average molecular weight is 304 g/mol. The molecule has 3 rings (SSSR count). The molecule has 1 fully saturated rings. The first kappa shape index (κ1) is 15.0. The lowest BCUT2D eigenvalue weighted by molar-refractivity contribution is -0.116. The van der Waals surface area contributed by atoms with Crippen LogP contribution in [0.2, 0.25) is 0 Å². The Bertz CT molecular complexity index is 492. The van der Waals surface area contributed by atoms with Gasteiger partial charge in [-0.2, -0.15) is 11.8 Å².